The van der Waals surface area contributed by atoms with E-state index in [2.05, 4.69) is 5.10 Å². The number of halogens is 2. The molecule has 182 valence electrons. The Morgan fingerprint density at radius 3 is 2.34 bits per heavy atom. The van der Waals surface area contributed by atoms with E-state index >= 15 is 0 Å². The Bertz CT molecular complexity index is 1430. The van der Waals surface area contributed by atoms with E-state index in [4.69, 9.17) is 0 Å². The first-order valence-corrected chi connectivity index (χ1v) is 12.8. The van der Waals surface area contributed by atoms with Gasteiger partial charge in [0.15, 0.2) is 0 Å². The van der Waals surface area contributed by atoms with E-state index in [1.165, 1.54) is 35.6 Å². The van der Waals surface area contributed by atoms with Crippen molar-refractivity contribution in [3.8, 4) is 5.69 Å². The standard InChI is InChI=1S/C26H25F2N3O3S/c1-17(32)26-14-18-16-29-31(22-9-4-20(27)5-10-22)25(18)13-19(26)3-8-23(15-26)30(2)35(33,34)24-11-6-21(28)7-12-24/h4-7,9-13,16,23H,3,8,14-15H2,1-2H3/t23-,26+/m0/s1. The molecule has 1 fully saturated rings. The summed E-state index contributed by atoms with van der Waals surface area (Å²) in [6, 6.07) is 10.4. The lowest BCUT2D eigenvalue weighted by Crippen LogP contribution is -2.48. The summed E-state index contributed by atoms with van der Waals surface area (Å²) in [5.41, 5.74) is 2.61. The molecule has 2 aromatic carbocycles. The topological polar surface area (TPSA) is 72.3 Å². The maximum atomic E-state index is 13.4. The van der Waals surface area contributed by atoms with E-state index in [1.807, 2.05) is 6.08 Å². The number of benzene rings is 2. The Balaban J connectivity index is 1.48. The molecule has 0 N–H and O–H groups in total. The van der Waals surface area contributed by atoms with E-state index < -0.39 is 21.3 Å². The highest BCUT2D eigenvalue weighted by Gasteiger charge is 2.48. The van der Waals surface area contributed by atoms with Crippen molar-refractivity contribution >= 4 is 21.9 Å². The number of rotatable bonds is 5. The maximum Gasteiger partial charge on any atom is 0.243 e. The van der Waals surface area contributed by atoms with Crippen LogP contribution in [0.1, 0.15) is 37.4 Å². The van der Waals surface area contributed by atoms with Crippen LogP contribution in [0.5, 0.6) is 0 Å². The molecule has 2 atom stereocenters. The summed E-state index contributed by atoms with van der Waals surface area (Å²) in [7, 11) is -2.33. The summed E-state index contributed by atoms with van der Waals surface area (Å²) in [6.45, 7) is 1.56. The predicted molar refractivity (Wildman–Crippen MR) is 127 cm³/mol. The molecular formula is C26H25F2N3O3S. The number of Topliss-reactive ketones (excluding diaryl/α,β-unsaturated/α-hetero) is 1. The van der Waals surface area contributed by atoms with E-state index in [-0.39, 0.29) is 22.5 Å². The number of carbonyl (C=O) groups is 1. The molecule has 1 heterocycles. The number of ketones is 1. The highest BCUT2D eigenvalue weighted by atomic mass is 32.2. The van der Waals surface area contributed by atoms with Gasteiger partial charge in [-0.3, -0.25) is 4.79 Å². The van der Waals surface area contributed by atoms with E-state index in [0.717, 1.165) is 34.7 Å². The minimum absolute atomic E-state index is 0.0128. The fraction of sp³-hybridized carbons (Fsp3) is 0.308. The summed E-state index contributed by atoms with van der Waals surface area (Å²) in [5.74, 6) is -0.850. The van der Waals surface area contributed by atoms with Gasteiger partial charge in [-0.15, -0.1) is 0 Å². The Morgan fingerprint density at radius 1 is 1.09 bits per heavy atom. The molecule has 0 amide bonds. The van der Waals surface area contributed by atoms with Crippen molar-refractivity contribution in [2.75, 3.05) is 7.05 Å². The predicted octanol–water partition coefficient (Wildman–Crippen LogP) is 4.54. The van der Waals surface area contributed by atoms with Crippen molar-refractivity contribution in [1.82, 2.24) is 14.1 Å². The Morgan fingerprint density at radius 2 is 1.71 bits per heavy atom. The molecule has 0 unspecified atom stereocenters. The molecule has 2 aliphatic rings. The van der Waals surface area contributed by atoms with Crippen molar-refractivity contribution in [3.05, 3.63) is 83.2 Å². The Labute approximate surface area is 202 Å². The van der Waals surface area contributed by atoms with Gasteiger partial charge in [0.25, 0.3) is 0 Å². The van der Waals surface area contributed by atoms with E-state index in [9.17, 15) is 22.0 Å². The van der Waals surface area contributed by atoms with Crippen molar-refractivity contribution < 1.29 is 22.0 Å². The van der Waals surface area contributed by atoms with Gasteiger partial charge >= 0.3 is 0 Å². The van der Waals surface area contributed by atoms with Crippen molar-refractivity contribution in [2.24, 2.45) is 5.41 Å². The average molecular weight is 498 g/mol. The molecule has 2 aliphatic carbocycles. The molecule has 1 saturated carbocycles. The van der Waals surface area contributed by atoms with Crippen LogP contribution in [-0.2, 0) is 21.2 Å². The van der Waals surface area contributed by atoms with Gasteiger partial charge in [0.05, 0.1) is 27.9 Å². The second kappa shape index (κ2) is 8.49. The molecule has 0 spiro atoms. The lowest BCUT2D eigenvalue weighted by Gasteiger charge is -2.45. The van der Waals surface area contributed by atoms with Gasteiger partial charge < -0.3 is 0 Å². The minimum atomic E-state index is -3.85. The molecule has 0 radical (unpaired) electrons. The Kier molecular flexibility index (Phi) is 5.72. The molecule has 35 heavy (non-hydrogen) atoms. The first-order valence-electron chi connectivity index (χ1n) is 11.4. The molecule has 3 aromatic rings. The van der Waals surface area contributed by atoms with Crippen LogP contribution in [0.3, 0.4) is 0 Å². The van der Waals surface area contributed by atoms with Crippen LogP contribution in [0, 0.1) is 17.0 Å². The zero-order valence-corrected chi connectivity index (χ0v) is 20.2. The van der Waals surface area contributed by atoms with Crippen LogP contribution in [-0.4, -0.2) is 41.4 Å². The molecule has 0 bridgehead atoms. The number of aromatic nitrogens is 2. The molecular weight excluding hydrogens is 472 g/mol. The lowest BCUT2D eigenvalue weighted by molar-refractivity contribution is -0.126. The third kappa shape index (κ3) is 3.92. The number of nitrogens with zero attached hydrogens (tertiary/aromatic N) is 3. The average Bonchev–Trinajstić information content (AvgIpc) is 3.24. The summed E-state index contributed by atoms with van der Waals surface area (Å²) >= 11 is 0. The third-order valence-corrected chi connectivity index (χ3v) is 9.31. The smallest absolute Gasteiger partial charge is 0.243 e. The van der Waals surface area contributed by atoms with Crippen LogP contribution in [0.4, 0.5) is 8.78 Å². The first kappa shape index (κ1) is 23.6. The lowest BCUT2D eigenvalue weighted by atomic mass is 9.61. The summed E-state index contributed by atoms with van der Waals surface area (Å²) in [4.78, 5) is 13.1. The SMILES string of the molecule is CC(=O)[C@]12Cc3cnn(-c4ccc(F)cc4)c3C=C1CC[C@H](N(C)S(=O)(=O)c1ccc(F)cc1)C2. The maximum absolute atomic E-state index is 13.4. The van der Waals surface area contributed by atoms with Gasteiger partial charge in [-0.25, -0.2) is 21.9 Å². The summed E-state index contributed by atoms with van der Waals surface area (Å²) < 4.78 is 56.2. The number of sulfonamides is 1. The van der Waals surface area contributed by atoms with Crippen molar-refractivity contribution in [3.63, 3.8) is 0 Å². The number of hydrogen-bond acceptors (Lipinski definition) is 4. The Hall–Kier alpha value is -3.17. The van der Waals surface area contributed by atoms with Gasteiger partial charge in [-0.1, -0.05) is 5.57 Å². The molecule has 5 rings (SSSR count). The highest BCUT2D eigenvalue weighted by molar-refractivity contribution is 7.89. The monoisotopic (exact) mass is 497 g/mol. The van der Waals surface area contributed by atoms with Crippen molar-refractivity contribution in [1.29, 1.82) is 0 Å². The van der Waals surface area contributed by atoms with E-state index in [0.29, 0.717) is 25.7 Å². The zero-order chi connectivity index (χ0) is 25.0. The van der Waals surface area contributed by atoms with Crippen LogP contribution in [0.2, 0.25) is 0 Å². The third-order valence-electron chi connectivity index (χ3n) is 7.39. The van der Waals surface area contributed by atoms with Crippen LogP contribution in [0.25, 0.3) is 11.8 Å². The number of fused-ring (bicyclic) bond motifs is 2. The van der Waals surface area contributed by atoms with Gasteiger partial charge in [0.1, 0.15) is 17.4 Å². The minimum Gasteiger partial charge on any atom is -0.299 e. The van der Waals surface area contributed by atoms with E-state index in [1.54, 1.807) is 29.9 Å². The number of carbonyl (C=O) groups excluding carboxylic acids is 1. The molecule has 0 saturated heterocycles. The second-order valence-electron chi connectivity index (χ2n) is 9.30. The van der Waals surface area contributed by atoms with Gasteiger partial charge in [-0.2, -0.15) is 9.40 Å². The first-order chi connectivity index (χ1) is 16.6. The van der Waals surface area contributed by atoms with Crippen molar-refractivity contribution in [2.45, 2.75) is 43.5 Å². The molecule has 9 heteroatoms. The fourth-order valence-electron chi connectivity index (χ4n) is 5.33. The normalized spacial score (nSPS) is 21.9. The van der Waals surface area contributed by atoms with Crippen LogP contribution < -0.4 is 0 Å². The molecule has 0 aliphatic heterocycles. The second-order valence-corrected chi connectivity index (χ2v) is 11.3. The van der Waals surface area contributed by atoms with Crippen LogP contribution >= 0.6 is 0 Å². The zero-order valence-electron chi connectivity index (χ0n) is 19.4. The molecule has 1 aromatic heterocycles. The number of allylic oxidation sites excluding steroid dienone is 1. The number of hydrogen-bond donors (Lipinski definition) is 0. The largest absolute Gasteiger partial charge is 0.299 e. The summed E-state index contributed by atoms with van der Waals surface area (Å²) in [5, 5.41) is 4.49. The highest BCUT2D eigenvalue weighted by Crippen LogP contribution is 2.50. The van der Waals surface area contributed by atoms with Gasteiger partial charge in [-0.05, 0) is 92.8 Å². The molecule has 6 nitrogen and oxygen atoms in total. The quantitative estimate of drug-likeness (QED) is 0.519. The fourth-order valence-corrected chi connectivity index (χ4v) is 6.71. The summed E-state index contributed by atoms with van der Waals surface area (Å²) in [6.07, 6.45) is 5.60. The van der Waals surface area contributed by atoms with Crippen LogP contribution in [0.15, 0.2) is 65.2 Å². The van der Waals surface area contributed by atoms with Gasteiger partial charge in [0.2, 0.25) is 10.0 Å². The van der Waals surface area contributed by atoms with Gasteiger partial charge in [0, 0.05) is 13.1 Å².